The van der Waals surface area contributed by atoms with Crippen LogP contribution in [-0.2, 0) is 4.79 Å². The molecule has 1 amide bonds. The first-order valence-corrected chi connectivity index (χ1v) is 4.40. The van der Waals surface area contributed by atoms with Gasteiger partial charge < -0.3 is 10.6 Å². The van der Waals surface area contributed by atoms with E-state index in [2.05, 4.69) is 10.6 Å². The van der Waals surface area contributed by atoms with Gasteiger partial charge in [0.25, 0.3) is 6.43 Å². The van der Waals surface area contributed by atoms with E-state index in [1.54, 1.807) is 0 Å². The predicted molar refractivity (Wildman–Crippen MR) is 44.6 cm³/mol. The van der Waals surface area contributed by atoms with E-state index in [9.17, 15) is 13.6 Å². The third-order valence-electron chi connectivity index (χ3n) is 2.29. The summed E-state index contributed by atoms with van der Waals surface area (Å²) in [5.74, 6) is -0.420. The summed E-state index contributed by atoms with van der Waals surface area (Å²) in [6.45, 7) is 2.13. The molecule has 1 rings (SSSR count). The van der Waals surface area contributed by atoms with Gasteiger partial charge in [-0.15, -0.1) is 0 Å². The maximum absolute atomic E-state index is 11.7. The quantitative estimate of drug-likeness (QED) is 0.678. The van der Waals surface area contributed by atoms with E-state index < -0.39 is 13.0 Å². The molecule has 0 aromatic carbocycles. The van der Waals surface area contributed by atoms with Gasteiger partial charge in [-0.2, -0.15) is 0 Å². The number of nitrogens with one attached hydrogen (secondary N) is 2. The standard InChI is InChI=1S/C8H14F2N2O/c1-5-6(2-3-11-5)8(13)12-4-7(9)10/h5-7,11H,2-4H2,1H3,(H,12,13). The largest absolute Gasteiger partial charge is 0.350 e. The lowest BCUT2D eigenvalue weighted by Crippen LogP contribution is -2.38. The lowest BCUT2D eigenvalue weighted by molar-refractivity contribution is -0.125. The molecule has 0 spiro atoms. The average Bonchev–Trinajstić information content (AvgIpc) is 2.47. The van der Waals surface area contributed by atoms with Crippen LogP contribution in [0.4, 0.5) is 8.78 Å². The summed E-state index contributed by atoms with van der Waals surface area (Å²) < 4.78 is 23.5. The monoisotopic (exact) mass is 192 g/mol. The van der Waals surface area contributed by atoms with Crippen molar-refractivity contribution in [2.45, 2.75) is 25.8 Å². The molecule has 1 aliphatic heterocycles. The van der Waals surface area contributed by atoms with Gasteiger partial charge in [-0.1, -0.05) is 0 Å². The van der Waals surface area contributed by atoms with E-state index in [-0.39, 0.29) is 17.9 Å². The van der Waals surface area contributed by atoms with Gasteiger partial charge in [-0.25, -0.2) is 8.78 Å². The first kappa shape index (κ1) is 10.4. The molecule has 2 N–H and O–H groups in total. The molecule has 0 radical (unpaired) electrons. The fraction of sp³-hybridized carbons (Fsp3) is 0.875. The Bertz CT molecular complexity index is 187. The van der Waals surface area contributed by atoms with Crippen LogP contribution < -0.4 is 10.6 Å². The fourth-order valence-electron chi connectivity index (χ4n) is 1.53. The molecule has 13 heavy (non-hydrogen) atoms. The van der Waals surface area contributed by atoms with E-state index >= 15 is 0 Å². The Morgan fingerprint density at radius 3 is 2.85 bits per heavy atom. The van der Waals surface area contributed by atoms with E-state index in [0.29, 0.717) is 0 Å². The summed E-state index contributed by atoms with van der Waals surface area (Å²) in [7, 11) is 0. The summed E-state index contributed by atoms with van der Waals surface area (Å²) in [6.07, 6.45) is -1.73. The molecule has 0 aromatic heterocycles. The summed E-state index contributed by atoms with van der Waals surface area (Å²) in [4.78, 5) is 11.3. The van der Waals surface area contributed by atoms with Gasteiger partial charge in [0.05, 0.1) is 12.5 Å². The molecule has 2 atom stereocenters. The SMILES string of the molecule is CC1NCCC1C(=O)NCC(F)F. The van der Waals surface area contributed by atoms with Crippen molar-refractivity contribution in [2.75, 3.05) is 13.1 Å². The van der Waals surface area contributed by atoms with Crippen LogP contribution in [0.2, 0.25) is 0 Å². The van der Waals surface area contributed by atoms with Crippen LogP contribution in [0.5, 0.6) is 0 Å². The lowest BCUT2D eigenvalue weighted by atomic mass is 10.0. The zero-order valence-corrected chi connectivity index (χ0v) is 7.52. The summed E-state index contributed by atoms with van der Waals surface area (Å²) in [5, 5.41) is 5.32. The predicted octanol–water partition coefficient (Wildman–Crippen LogP) is 0.366. The normalized spacial score (nSPS) is 28.0. The van der Waals surface area contributed by atoms with Crippen molar-refractivity contribution < 1.29 is 13.6 Å². The highest BCUT2D eigenvalue weighted by Crippen LogP contribution is 2.14. The zero-order chi connectivity index (χ0) is 9.84. The third kappa shape index (κ3) is 2.91. The molecular weight excluding hydrogens is 178 g/mol. The van der Waals surface area contributed by atoms with Gasteiger partial charge in [0.15, 0.2) is 0 Å². The molecule has 0 saturated carbocycles. The van der Waals surface area contributed by atoms with E-state index in [1.807, 2.05) is 6.92 Å². The van der Waals surface area contributed by atoms with Crippen LogP contribution in [0.15, 0.2) is 0 Å². The number of rotatable bonds is 3. The highest BCUT2D eigenvalue weighted by Gasteiger charge is 2.29. The number of alkyl halides is 2. The minimum Gasteiger partial charge on any atom is -0.350 e. The number of halogens is 2. The van der Waals surface area contributed by atoms with Crippen molar-refractivity contribution in [2.24, 2.45) is 5.92 Å². The second kappa shape index (κ2) is 4.50. The van der Waals surface area contributed by atoms with E-state index in [4.69, 9.17) is 0 Å². The maximum Gasteiger partial charge on any atom is 0.255 e. The Kier molecular flexibility index (Phi) is 3.59. The molecule has 76 valence electrons. The number of carbonyl (C=O) groups excluding carboxylic acids is 1. The fourth-order valence-corrected chi connectivity index (χ4v) is 1.53. The summed E-state index contributed by atoms with van der Waals surface area (Å²) >= 11 is 0. The minimum absolute atomic E-state index is 0.0951. The van der Waals surface area contributed by atoms with Crippen molar-refractivity contribution in [3.8, 4) is 0 Å². The smallest absolute Gasteiger partial charge is 0.255 e. The number of amides is 1. The first-order chi connectivity index (χ1) is 6.11. The molecule has 0 bridgehead atoms. The maximum atomic E-state index is 11.7. The highest BCUT2D eigenvalue weighted by atomic mass is 19.3. The molecule has 1 saturated heterocycles. The van der Waals surface area contributed by atoms with Crippen molar-refractivity contribution in [1.29, 1.82) is 0 Å². The Hall–Kier alpha value is -0.710. The van der Waals surface area contributed by atoms with Gasteiger partial charge in [0.1, 0.15) is 0 Å². The van der Waals surface area contributed by atoms with Gasteiger partial charge >= 0.3 is 0 Å². The topological polar surface area (TPSA) is 41.1 Å². The van der Waals surface area contributed by atoms with Crippen LogP contribution in [0, 0.1) is 5.92 Å². The molecule has 0 aliphatic carbocycles. The second-order valence-corrected chi connectivity index (χ2v) is 3.27. The van der Waals surface area contributed by atoms with Crippen molar-refractivity contribution >= 4 is 5.91 Å². The molecule has 1 heterocycles. The first-order valence-electron chi connectivity index (χ1n) is 4.40. The summed E-state index contributed by atoms with van der Waals surface area (Å²) in [6, 6.07) is 0.0951. The number of carbonyl (C=O) groups is 1. The molecule has 1 aliphatic rings. The Labute approximate surface area is 75.9 Å². The molecule has 5 heteroatoms. The van der Waals surface area contributed by atoms with Gasteiger partial charge in [0, 0.05) is 6.04 Å². The van der Waals surface area contributed by atoms with Crippen LogP contribution in [0.3, 0.4) is 0 Å². The van der Waals surface area contributed by atoms with Crippen molar-refractivity contribution in [1.82, 2.24) is 10.6 Å². The Balaban J connectivity index is 2.30. The van der Waals surface area contributed by atoms with Gasteiger partial charge in [-0.05, 0) is 19.9 Å². The zero-order valence-electron chi connectivity index (χ0n) is 7.52. The van der Waals surface area contributed by atoms with Gasteiger partial charge in [-0.3, -0.25) is 4.79 Å². The van der Waals surface area contributed by atoms with E-state index in [0.717, 1.165) is 13.0 Å². The molecule has 3 nitrogen and oxygen atoms in total. The third-order valence-corrected chi connectivity index (χ3v) is 2.29. The van der Waals surface area contributed by atoms with E-state index in [1.165, 1.54) is 0 Å². The second-order valence-electron chi connectivity index (χ2n) is 3.27. The molecule has 1 fully saturated rings. The van der Waals surface area contributed by atoms with Crippen LogP contribution >= 0.6 is 0 Å². The molecule has 0 aromatic rings. The van der Waals surface area contributed by atoms with Crippen LogP contribution in [0.25, 0.3) is 0 Å². The highest BCUT2D eigenvalue weighted by molar-refractivity contribution is 5.79. The lowest BCUT2D eigenvalue weighted by Gasteiger charge is -2.14. The summed E-state index contributed by atoms with van der Waals surface area (Å²) in [5.41, 5.74) is 0. The van der Waals surface area contributed by atoms with Crippen molar-refractivity contribution in [3.05, 3.63) is 0 Å². The number of hydrogen-bond acceptors (Lipinski definition) is 2. The van der Waals surface area contributed by atoms with Crippen molar-refractivity contribution in [3.63, 3.8) is 0 Å². The van der Waals surface area contributed by atoms with Crippen LogP contribution in [-0.4, -0.2) is 31.5 Å². The van der Waals surface area contributed by atoms with Gasteiger partial charge in [0.2, 0.25) is 5.91 Å². The Morgan fingerprint density at radius 2 is 2.38 bits per heavy atom. The van der Waals surface area contributed by atoms with Crippen LogP contribution in [0.1, 0.15) is 13.3 Å². The molecule has 2 unspecified atom stereocenters. The minimum atomic E-state index is -2.46. The average molecular weight is 192 g/mol. The molecular formula is C8H14F2N2O. The Morgan fingerprint density at radius 1 is 1.69 bits per heavy atom. The number of hydrogen-bond donors (Lipinski definition) is 2.